The molecule has 0 aliphatic rings. The van der Waals surface area contributed by atoms with E-state index in [1.807, 2.05) is 54.6 Å². The van der Waals surface area contributed by atoms with E-state index < -0.39 is 0 Å². The van der Waals surface area contributed by atoms with Gasteiger partial charge in [-0.3, -0.25) is 11.3 Å². The maximum Gasteiger partial charge on any atom is 0.125 e. The van der Waals surface area contributed by atoms with Gasteiger partial charge in [-0.15, -0.1) is 0 Å². The van der Waals surface area contributed by atoms with Crippen molar-refractivity contribution in [3.8, 4) is 5.75 Å². The first-order chi connectivity index (χ1) is 9.29. The Kier molecular flexibility index (Phi) is 5.21. The summed E-state index contributed by atoms with van der Waals surface area (Å²) in [4.78, 5) is 0. The molecule has 0 aliphatic heterocycles. The molecule has 0 aliphatic carbocycles. The number of hydrazine groups is 1. The summed E-state index contributed by atoms with van der Waals surface area (Å²) in [6, 6.07) is 17.5. The van der Waals surface area contributed by atoms with Gasteiger partial charge in [0.1, 0.15) is 11.9 Å². The monoisotopic (exact) mass is 276 g/mol. The van der Waals surface area contributed by atoms with Gasteiger partial charge in [-0.05, 0) is 23.8 Å². The van der Waals surface area contributed by atoms with Crippen LogP contribution in [0, 0.1) is 0 Å². The number of nitrogens with one attached hydrogen (secondary N) is 1. The quantitative estimate of drug-likeness (QED) is 0.629. The van der Waals surface area contributed by atoms with Gasteiger partial charge < -0.3 is 4.74 Å². The van der Waals surface area contributed by atoms with E-state index in [1.165, 1.54) is 0 Å². The van der Waals surface area contributed by atoms with Gasteiger partial charge in [0.2, 0.25) is 0 Å². The fourth-order valence-corrected chi connectivity index (χ4v) is 2.06. The summed E-state index contributed by atoms with van der Waals surface area (Å²) in [5.74, 6) is 6.11. The highest BCUT2D eigenvalue weighted by Gasteiger charge is 2.12. The third kappa shape index (κ3) is 4.24. The first kappa shape index (κ1) is 13.9. The molecule has 0 spiro atoms. The minimum Gasteiger partial charge on any atom is -0.486 e. The summed E-state index contributed by atoms with van der Waals surface area (Å²) in [7, 11) is 0. The predicted octanol–water partition coefficient (Wildman–Crippen LogP) is 3.31. The first-order valence-electron chi connectivity index (χ1n) is 6.20. The maximum absolute atomic E-state index is 6.00. The fourth-order valence-electron chi connectivity index (χ4n) is 1.88. The Morgan fingerprint density at radius 3 is 2.58 bits per heavy atom. The lowest BCUT2D eigenvalue weighted by Gasteiger charge is -2.19. The zero-order valence-electron chi connectivity index (χ0n) is 10.6. The van der Waals surface area contributed by atoms with E-state index in [-0.39, 0.29) is 6.10 Å². The number of ether oxygens (including phenoxy) is 1. The average Bonchev–Trinajstić information content (AvgIpc) is 2.44. The Balaban J connectivity index is 2.14. The summed E-state index contributed by atoms with van der Waals surface area (Å²) in [5.41, 5.74) is 3.78. The molecule has 100 valence electrons. The minimum absolute atomic E-state index is 0.0456. The van der Waals surface area contributed by atoms with Crippen LogP contribution in [0.4, 0.5) is 0 Å². The Morgan fingerprint density at radius 1 is 1.11 bits per heavy atom. The highest BCUT2D eigenvalue weighted by Crippen LogP contribution is 2.26. The van der Waals surface area contributed by atoms with Crippen molar-refractivity contribution in [1.29, 1.82) is 0 Å². The number of nitrogens with two attached hydrogens (primary N) is 1. The number of rotatable bonds is 6. The van der Waals surface area contributed by atoms with Crippen molar-refractivity contribution in [3.05, 3.63) is 65.2 Å². The van der Waals surface area contributed by atoms with Crippen molar-refractivity contribution in [3.63, 3.8) is 0 Å². The van der Waals surface area contributed by atoms with E-state index in [0.717, 1.165) is 17.7 Å². The largest absolute Gasteiger partial charge is 0.486 e. The zero-order chi connectivity index (χ0) is 13.5. The molecule has 1 atom stereocenters. The van der Waals surface area contributed by atoms with Crippen LogP contribution in [0.3, 0.4) is 0 Å². The second-order valence-corrected chi connectivity index (χ2v) is 4.65. The number of benzene rings is 2. The van der Waals surface area contributed by atoms with Crippen molar-refractivity contribution in [2.75, 3.05) is 6.54 Å². The summed E-state index contributed by atoms with van der Waals surface area (Å²) in [6.45, 7) is 0.681. The third-order valence-electron chi connectivity index (χ3n) is 2.80. The van der Waals surface area contributed by atoms with E-state index in [9.17, 15) is 0 Å². The smallest absolute Gasteiger partial charge is 0.125 e. The topological polar surface area (TPSA) is 47.3 Å². The molecule has 2 aromatic rings. The van der Waals surface area contributed by atoms with Crippen molar-refractivity contribution in [2.24, 2.45) is 5.84 Å². The minimum atomic E-state index is -0.0456. The molecule has 3 nitrogen and oxygen atoms in total. The van der Waals surface area contributed by atoms with Crippen LogP contribution in [0.5, 0.6) is 5.75 Å². The summed E-state index contributed by atoms with van der Waals surface area (Å²) in [5, 5.41) is 0.668. The number of halogens is 1. The van der Waals surface area contributed by atoms with Gasteiger partial charge in [-0.25, -0.2) is 0 Å². The molecule has 2 rings (SSSR count). The van der Waals surface area contributed by atoms with Crippen molar-refractivity contribution in [2.45, 2.75) is 12.5 Å². The van der Waals surface area contributed by atoms with Crippen molar-refractivity contribution < 1.29 is 4.74 Å². The molecule has 0 fully saturated rings. The van der Waals surface area contributed by atoms with Gasteiger partial charge in [0.15, 0.2) is 0 Å². The molecular weight excluding hydrogens is 260 g/mol. The second kappa shape index (κ2) is 7.14. The van der Waals surface area contributed by atoms with E-state index in [4.69, 9.17) is 22.2 Å². The molecule has 3 N–H and O–H groups in total. The van der Waals surface area contributed by atoms with E-state index in [2.05, 4.69) is 5.43 Å². The molecule has 19 heavy (non-hydrogen) atoms. The van der Waals surface area contributed by atoms with Gasteiger partial charge in [-0.1, -0.05) is 48.0 Å². The molecule has 0 amide bonds. The standard InChI is InChI=1S/C15H17ClN2O/c16-13-7-4-8-14(11-13)19-15(9-10-18-17)12-5-2-1-3-6-12/h1-8,11,15,18H,9-10,17H2. The molecule has 1 unspecified atom stereocenters. The molecule has 4 heteroatoms. The molecule has 0 saturated carbocycles. The van der Waals surface area contributed by atoms with E-state index in [0.29, 0.717) is 11.6 Å². The van der Waals surface area contributed by atoms with Crippen molar-refractivity contribution >= 4 is 11.6 Å². The average molecular weight is 277 g/mol. The van der Waals surface area contributed by atoms with Crippen LogP contribution in [-0.4, -0.2) is 6.54 Å². The Bertz CT molecular complexity index is 505. The normalized spacial score (nSPS) is 12.1. The van der Waals surface area contributed by atoms with Gasteiger partial charge in [0, 0.05) is 18.0 Å². The molecule has 2 aromatic carbocycles. The highest BCUT2D eigenvalue weighted by molar-refractivity contribution is 6.30. The van der Waals surface area contributed by atoms with Gasteiger partial charge in [0.25, 0.3) is 0 Å². The Labute approximate surface area is 118 Å². The van der Waals surface area contributed by atoms with Crippen LogP contribution in [0.25, 0.3) is 0 Å². The summed E-state index contributed by atoms with van der Waals surface area (Å²) < 4.78 is 6.00. The second-order valence-electron chi connectivity index (χ2n) is 4.22. The summed E-state index contributed by atoms with van der Waals surface area (Å²) in [6.07, 6.45) is 0.739. The first-order valence-corrected chi connectivity index (χ1v) is 6.58. The Hall–Kier alpha value is -1.55. The van der Waals surface area contributed by atoms with Crippen molar-refractivity contribution in [1.82, 2.24) is 5.43 Å². The Morgan fingerprint density at radius 2 is 1.89 bits per heavy atom. The zero-order valence-corrected chi connectivity index (χ0v) is 11.3. The third-order valence-corrected chi connectivity index (χ3v) is 3.03. The van der Waals surface area contributed by atoms with Crippen LogP contribution in [0.1, 0.15) is 18.1 Å². The number of hydrogen-bond acceptors (Lipinski definition) is 3. The van der Waals surface area contributed by atoms with E-state index >= 15 is 0 Å². The molecule has 0 aromatic heterocycles. The molecule has 0 heterocycles. The van der Waals surface area contributed by atoms with Crippen LogP contribution in [0.2, 0.25) is 5.02 Å². The van der Waals surface area contributed by atoms with E-state index in [1.54, 1.807) is 0 Å². The lowest BCUT2D eigenvalue weighted by atomic mass is 10.1. The number of hydrogen-bond donors (Lipinski definition) is 2. The SMILES string of the molecule is NNCCC(Oc1cccc(Cl)c1)c1ccccc1. The van der Waals surface area contributed by atoms with Crippen LogP contribution < -0.4 is 16.0 Å². The highest BCUT2D eigenvalue weighted by atomic mass is 35.5. The lowest BCUT2D eigenvalue weighted by molar-refractivity contribution is 0.194. The maximum atomic E-state index is 6.00. The molecule has 0 bridgehead atoms. The predicted molar refractivity (Wildman–Crippen MR) is 78.1 cm³/mol. The van der Waals surface area contributed by atoms with Gasteiger partial charge >= 0.3 is 0 Å². The fraction of sp³-hybridized carbons (Fsp3) is 0.200. The molecule has 0 radical (unpaired) electrons. The van der Waals surface area contributed by atoms with Crippen LogP contribution >= 0.6 is 11.6 Å². The van der Waals surface area contributed by atoms with Crippen LogP contribution in [0.15, 0.2) is 54.6 Å². The van der Waals surface area contributed by atoms with Gasteiger partial charge in [-0.2, -0.15) is 0 Å². The lowest BCUT2D eigenvalue weighted by Crippen LogP contribution is -2.25. The summed E-state index contributed by atoms with van der Waals surface area (Å²) >= 11 is 5.97. The van der Waals surface area contributed by atoms with Crippen LogP contribution in [-0.2, 0) is 0 Å². The molecular formula is C15H17ClN2O. The molecule has 0 saturated heterocycles. The van der Waals surface area contributed by atoms with Gasteiger partial charge in [0.05, 0.1) is 0 Å².